The standard InChI is InChI=1S/C27H34FN5O3/c1-27(26(36)29-15-18-9-11-19(28)12-10-18)16-32-17-30-22(23(32)25(35)33(27)21-13-14-21)24(34)31-20-7-5-3-2-4-6-8-20/h9-12,17,20-21H,2-8,13-16H2,1H3,(H,29,36)(H,31,34). The number of aromatic nitrogens is 2. The third-order valence-electron chi connectivity index (χ3n) is 7.69. The molecule has 2 fully saturated rings. The molecular formula is C27H34FN5O3. The molecule has 2 saturated carbocycles. The third kappa shape index (κ3) is 4.88. The number of benzene rings is 1. The molecule has 36 heavy (non-hydrogen) atoms. The Labute approximate surface area is 210 Å². The van der Waals surface area contributed by atoms with Crippen molar-refractivity contribution in [3.8, 4) is 0 Å². The van der Waals surface area contributed by atoms with Crippen LogP contribution in [0.25, 0.3) is 0 Å². The van der Waals surface area contributed by atoms with Gasteiger partial charge in [0.05, 0.1) is 12.9 Å². The van der Waals surface area contributed by atoms with Crippen molar-refractivity contribution in [3.63, 3.8) is 0 Å². The molecule has 1 aromatic heterocycles. The summed E-state index contributed by atoms with van der Waals surface area (Å²) in [7, 11) is 0. The van der Waals surface area contributed by atoms with Gasteiger partial charge in [0, 0.05) is 18.6 Å². The second-order valence-corrected chi connectivity index (χ2v) is 10.6. The van der Waals surface area contributed by atoms with Crippen LogP contribution in [0.15, 0.2) is 30.6 Å². The van der Waals surface area contributed by atoms with Crippen LogP contribution in [0.2, 0.25) is 0 Å². The van der Waals surface area contributed by atoms with Crippen molar-refractivity contribution in [2.24, 2.45) is 0 Å². The van der Waals surface area contributed by atoms with Gasteiger partial charge in [0.2, 0.25) is 5.91 Å². The highest BCUT2D eigenvalue weighted by Crippen LogP contribution is 2.39. The lowest BCUT2D eigenvalue weighted by Gasteiger charge is -2.44. The maximum absolute atomic E-state index is 13.8. The van der Waals surface area contributed by atoms with E-state index in [0.717, 1.165) is 44.1 Å². The summed E-state index contributed by atoms with van der Waals surface area (Å²) in [6.07, 6.45) is 10.8. The Hall–Kier alpha value is -3.23. The molecule has 0 saturated heterocycles. The predicted molar refractivity (Wildman–Crippen MR) is 132 cm³/mol. The largest absolute Gasteiger partial charge is 0.350 e. The van der Waals surface area contributed by atoms with Crippen molar-refractivity contribution in [1.29, 1.82) is 0 Å². The molecule has 1 aromatic carbocycles. The minimum Gasteiger partial charge on any atom is -0.350 e. The van der Waals surface area contributed by atoms with Crippen LogP contribution >= 0.6 is 0 Å². The Bertz CT molecular complexity index is 1130. The lowest BCUT2D eigenvalue weighted by atomic mass is 9.93. The molecule has 2 heterocycles. The molecule has 5 rings (SSSR count). The summed E-state index contributed by atoms with van der Waals surface area (Å²) in [5.41, 5.74) is 0.0414. The number of rotatable bonds is 6. The summed E-state index contributed by atoms with van der Waals surface area (Å²) < 4.78 is 14.9. The molecule has 3 aliphatic rings. The van der Waals surface area contributed by atoms with Gasteiger partial charge in [-0.2, -0.15) is 0 Å². The van der Waals surface area contributed by atoms with Crippen LogP contribution in [0.5, 0.6) is 0 Å². The fourth-order valence-electron chi connectivity index (χ4n) is 5.55. The minimum absolute atomic E-state index is 0.0377. The molecule has 2 N–H and O–H groups in total. The molecule has 2 aliphatic carbocycles. The molecule has 2 aromatic rings. The number of imidazole rings is 1. The average molecular weight is 496 g/mol. The number of fused-ring (bicyclic) bond motifs is 1. The van der Waals surface area contributed by atoms with Gasteiger partial charge in [-0.25, -0.2) is 9.37 Å². The van der Waals surface area contributed by atoms with Gasteiger partial charge in [-0.3, -0.25) is 14.4 Å². The van der Waals surface area contributed by atoms with Crippen molar-refractivity contribution in [2.45, 2.75) is 95.4 Å². The van der Waals surface area contributed by atoms with Gasteiger partial charge in [-0.05, 0) is 50.3 Å². The Kier molecular flexibility index (Phi) is 6.81. The molecule has 8 nitrogen and oxygen atoms in total. The summed E-state index contributed by atoms with van der Waals surface area (Å²) in [6.45, 7) is 2.21. The van der Waals surface area contributed by atoms with Crippen LogP contribution in [0, 0.1) is 5.82 Å². The maximum Gasteiger partial charge on any atom is 0.274 e. The van der Waals surface area contributed by atoms with Crippen molar-refractivity contribution in [3.05, 3.63) is 53.4 Å². The van der Waals surface area contributed by atoms with Crippen molar-refractivity contribution in [2.75, 3.05) is 0 Å². The van der Waals surface area contributed by atoms with E-state index in [0.29, 0.717) is 0 Å². The van der Waals surface area contributed by atoms with E-state index in [1.807, 2.05) is 0 Å². The number of nitrogens with zero attached hydrogens (tertiary/aromatic N) is 3. The smallest absolute Gasteiger partial charge is 0.274 e. The van der Waals surface area contributed by atoms with Crippen LogP contribution < -0.4 is 10.6 Å². The number of carbonyl (C=O) groups excluding carboxylic acids is 3. The molecule has 192 valence electrons. The Morgan fingerprint density at radius 2 is 1.72 bits per heavy atom. The lowest BCUT2D eigenvalue weighted by Crippen LogP contribution is -2.64. The van der Waals surface area contributed by atoms with E-state index in [-0.39, 0.29) is 60.1 Å². The zero-order valence-electron chi connectivity index (χ0n) is 20.8. The molecule has 9 heteroatoms. The second kappa shape index (κ2) is 10.0. The zero-order valence-corrected chi connectivity index (χ0v) is 20.8. The molecule has 3 amide bonds. The average Bonchev–Trinajstić information content (AvgIpc) is 3.57. The normalized spacial score (nSPS) is 22.9. The van der Waals surface area contributed by atoms with E-state index in [4.69, 9.17) is 0 Å². The highest BCUT2D eigenvalue weighted by Gasteiger charge is 2.53. The molecule has 1 unspecified atom stereocenters. The van der Waals surface area contributed by atoms with E-state index in [9.17, 15) is 18.8 Å². The van der Waals surface area contributed by atoms with E-state index < -0.39 is 5.54 Å². The fourth-order valence-corrected chi connectivity index (χ4v) is 5.55. The topological polar surface area (TPSA) is 96.3 Å². The minimum atomic E-state index is -1.13. The SMILES string of the molecule is CC1(C(=O)NCc2ccc(F)cc2)Cn2cnc(C(=O)NC3CCCCCCC3)c2C(=O)N1C1CC1. The highest BCUT2D eigenvalue weighted by atomic mass is 19.1. The number of amides is 3. The summed E-state index contributed by atoms with van der Waals surface area (Å²) in [5, 5.41) is 6.03. The van der Waals surface area contributed by atoms with Gasteiger partial charge in [-0.1, -0.05) is 44.2 Å². The molecular weight excluding hydrogens is 461 g/mol. The van der Waals surface area contributed by atoms with Crippen LogP contribution in [0.3, 0.4) is 0 Å². The Morgan fingerprint density at radius 1 is 1.06 bits per heavy atom. The second-order valence-electron chi connectivity index (χ2n) is 10.6. The first-order valence-electron chi connectivity index (χ1n) is 13.1. The van der Waals surface area contributed by atoms with Gasteiger partial charge in [0.1, 0.15) is 17.1 Å². The molecule has 1 atom stereocenters. The highest BCUT2D eigenvalue weighted by molar-refractivity contribution is 6.07. The summed E-state index contributed by atoms with van der Waals surface area (Å²) in [5.74, 6) is -1.27. The molecule has 1 aliphatic heterocycles. The summed E-state index contributed by atoms with van der Waals surface area (Å²) >= 11 is 0. The first-order chi connectivity index (χ1) is 17.4. The zero-order chi connectivity index (χ0) is 25.3. The predicted octanol–water partition coefficient (Wildman–Crippen LogP) is 3.56. The van der Waals surface area contributed by atoms with Gasteiger partial charge in [0.25, 0.3) is 11.8 Å². The van der Waals surface area contributed by atoms with Crippen LogP contribution in [-0.2, 0) is 17.9 Å². The van der Waals surface area contributed by atoms with Gasteiger partial charge in [0.15, 0.2) is 5.69 Å². The summed E-state index contributed by atoms with van der Waals surface area (Å²) in [4.78, 5) is 46.4. The molecule has 0 spiro atoms. The Balaban J connectivity index is 1.35. The van der Waals surface area contributed by atoms with Crippen LogP contribution in [0.4, 0.5) is 4.39 Å². The number of hydrogen-bond acceptors (Lipinski definition) is 4. The van der Waals surface area contributed by atoms with Crippen molar-refractivity contribution < 1.29 is 18.8 Å². The monoisotopic (exact) mass is 495 g/mol. The third-order valence-corrected chi connectivity index (χ3v) is 7.69. The number of nitrogens with one attached hydrogen (secondary N) is 2. The van der Waals surface area contributed by atoms with E-state index in [1.165, 1.54) is 37.7 Å². The van der Waals surface area contributed by atoms with Gasteiger partial charge < -0.3 is 20.1 Å². The number of halogens is 1. The van der Waals surface area contributed by atoms with Gasteiger partial charge in [-0.15, -0.1) is 0 Å². The Morgan fingerprint density at radius 3 is 2.39 bits per heavy atom. The maximum atomic E-state index is 13.8. The summed E-state index contributed by atoms with van der Waals surface area (Å²) in [6, 6.07) is 6.00. The van der Waals surface area contributed by atoms with Crippen LogP contribution in [0.1, 0.15) is 91.3 Å². The van der Waals surface area contributed by atoms with E-state index in [1.54, 1.807) is 28.5 Å². The molecule has 0 radical (unpaired) electrons. The van der Waals surface area contributed by atoms with E-state index in [2.05, 4.69) is 15.6 Å². The van der Waals surface area contributed by atoms with E-state index >= 15 is 0 Å². The first-order valence-corrected chi connectivity index (χ1v) is 13.1. The van der Waals surface area contributed by atoms with Crippen molar-refractivity contribution in [1.82, 2.24) is 25.1 Å². The number of hydrogen-bond donors (Lipinski definition) is 2. The van der Waals surface area contributed by atoms with Crippen molar-refractivity contribution >= 4 is 17.7 Å². The number of carbonyl (C=O) groups is 3. The quantitative estimate of drug-likeness (QED) is 0.641. The van der Waals surface area contributed by atoms with Gasteiger partial charge >= 0.3 is 0 Å². The van der Waals surface area contributed by atoms with Crippen LogP contribution in [-0.4, -0.2) is 49.8 Å². The fraction of sp³-hybridized carbons (Fsp3) is 0.556. The first kappa shape index (κ1) is 24.5. The lowest BCUT2D eigenvalue weighted by molar-refractivity contribution is -0.133. The molecule has 0 bridgehead atoms.